The van der Waals surface area contributed by atoms with Crippen molar-refractivity contribution in [2.75, 3.05) is 26.2 Å². The first-order valence-electron chi connectivity index (χ1n) is 7.88. The van der Waals surface area contributed by atoms with Crippen LogP contribution in [0.2, 0.25) is 0 Å². The number of carboxylic acid groups (broad SMARTS) is 1. The van der Waals surface area contributed by atoms with Crippen molar-refractivity contribution in [2.24, 2.45) is 5.41 Å². The number of likely N-dealkylation sites (tertiary alicyclic amines) is 1. The molecular formula is C15H26N2O2. The second kappa shape index (κ2) is 5.06. The summed E-state index contributed by atoms with van der Waals surface area (Å²) in [6.07, 6.45) is 6.55. The molecule has 1 N–H and O–H groups in total. The number of hydrogen-bond acceptors (Lipinski definition) is 3. The van der Waals surface area contributed by atoms with Crippen LogP contribution in [0.1, 0.15) is 45.4 Å². The molecule has 0 aromatic carbocycles. The lowest BCUT2D eigenvalue weighted by Crippen LogP contribution is -2.53. The summed E-state index contributed by atoms with van der Waals surface area (Å²) in [6.45, 7) is 6.39. The Hall–Kier alpha value is -0.610. The Balaban J connectivity index is 1.73. The van der Waals surface area contributed by atoms with Gasteiger partial charge in [0, 0.05) is 25.2 Å². The number of carbonyl (C=O) groups is 1. The average molecular weight is 266 g/mol. The van der Waals surface area contributed by atoms with Crippen molar-refractivity contribution in [1.29, 1.82) is 0 Å². The van der Waals surface area contributed by atoms with E-state index in [1.54, 1.807) is 0 Å². The van der Waals surface area contributed by atoms with Crippen molar-refractivity contribution in [1.82, 2.24) is 9.80 Å². The molecule has 0 amide bonds. The van der Waals surface area contributed by atoms with Gasteiger partial charge in [-0.2, -0.15) is 0 Å². The predicted molar refractivity (Wildman–Crippen MR) is 74.2 cm³/mol. The lowest BCUT2D eigenvalue weighted by Gasteiger charge is -2.43. The maximum atomic E-state index is 11.7. The van der Waals surface area contributed by atoms with Crippen molar-refractivity contribution in [3.63, 3.8) is 0 Å². The van der Waals surface area contributed by atoms with Crippen LogP contribution in [0.3, 0.4) is 0 Å². The summed E-state index contributed by atoms with van der Waals surface area (Å²) >= 11 is 0. The van der Waals surface area contributed by atoms with Crippen LogP contribution in [0.25, 0.3) is 0 Å². The molecule has 3 unspecified atom stereocenters. The molecule has 3 saturated heterocycles. The monoisotopic (exact) mass is 266 g/mol. The molecule has 0 spiro atoms. The number of aliphatic carboxylic acids is 1. The first-order valence-corrected chi connectivity index (χ1v) is 7.88. The summed E-state index contributed by atoms with van der Waals surface area (Å²) in [5.74, 6) is -0.582. The summed E-state index contributed by atoms with van der Waals surface area (Å²) in [5.41, 5.74) is -0.482. The van der Waals surface area contributed by atoms with E-state index in [9.17, 15) is 9.90 Å². The van der Waals surface area contributed by atoms with Crippen LogP contribution in [0.15, 0.2) is 0 Å². The van der Waals surface area contributed by atoms with Gasteiger partial charge in [0.1, 0.15) is 0 Å². The minimum Gasteiger partial charge on any atom is -0.481 e. The van der Waals surface area contributed by atoms with E-state index in [2.05, 4.69) is 9.80 Å². The first kappa shape index (κ1) is 13.4. The zero-order valence-electron chi connectivity index (χ0n) is 12.0. The highest BCUT2D eigenvalue weighted by Gasteiger charge is 2.46. The van der Waals surface area contributed by atoms with Crippen LogP contribution < -0.4 is 0 Å². The van der Waals surface area contributed by atoms with Crippen molar-refractivity contribution in [3.05, 3.63) is 0 Å². The minimum atomic E-state index is -0.582. The highest BCUT2D eigenvalue weighted by atomic mass is 16.4. The van der Waals surface area contributed by atoms with Crippen molar-refractivity contribution in [2.45, 2.75) is 57.5 Å². The molecule has 3 aliphatic rings. The van der Waals surface area contributed by atoms with E-state index >= 15 is 0 Å². The zero-order valence-corrected chi connectivity index (χ0v) is 12.0. The Morgan fingerprint density at radius 2 is 1.89 bits per heavy atom. The van der Waals surface area contributed by atoms with Crippen LogP contribution in [-0.4, -0.2) is 59.1 Å². The molecule has 108 valence electrons. The van der Waals surface area contributed by atoms with Gasteiger partial charge in [-0.3, -0.25) is 14.6 Å². The van der Waals surface area contributed by atoms with Crippen LogP contribution in [0, 0.1) is 5.41 Å². The van der Waals surface area contributed by atoms with Gasteiger partial charge < -0.3 is 5.11 Å². The third-order valence-corrected chi connectivity index (χ3v) is 5.78. The predicted octanol–water partition coefficient (Wildman–Crippen LogP) is 1.80. The number of carboxylic acids is 1. The van der Waals surface area contributed by atoms with E-state index in [0.717, 1.165) is 32.4 Å². The van der Waals surface area contributed by atoms with E-state index < -0.39 is 11.4 Å². The highest BCUT2D eigenvalue weighted by molar-refractivity contribution is 5.75. The maximum absolute atomic E-state index is 11.7. The molecule has 19 heavy (non-hydrogen) atoms. The Kier molecular flexibility index (Phi) is 3.56. The van der Waals surface area contributed by atoms with Crippen LogP contribution in [-0.2, 0) is 4.79 Å². The molecule has 0 radical (unpaired) electrons. The van der Waals surface area contributed by atoms with Gasteiger partial charge in [0.15, 0.2) is 0 Å². The summed E-state index contributed by atoms with van der Waals surface area (Å²) < 4.78 is 0. The summed E-state index contributed by atoms with van der Waals surface area (Å²) in [7, 11) is 0. The standard InChI is InChI=1S/C15H26N2O2/c1-2-15(14(18)19)7-4-9-17(11-15)13-6-10-16-8-3-5-12(13)16/h12-13H,2-11H2,1H3,(H,18,19). The third-order valence-electron chi connectivity index (χ3n) is 5.78. The van der Waals surface area contributed by atoms with E-state index in [0.29, 0.717) is 12.1 Å². The summed E-state index contributed by atoms with van der Waals surface area (Å²) in [5, 5.41) is 9.60. The number of fused-ring (bicyclic) bond motifs is 1. The third kappa shape index (κ3) is 2.19. The zero-order chi connectivity index (χ0) is 13.5. The first-order chi connectivity index (χ1) is 9.16. The Morgan fingerprint density at radius 3 is 2.63 bits per heavy atom. The molecule has 0 saturated carbocycles. The molecule has 0 aromatic heterocycles. The molecule has 4 heteroatoms. The van der Waals surface area contributed by atoms with Gasteiger partial charge in [0.2, 0.25) is 0 Å². The van der Waals surface area contributed by atoms with E-state index in [1.807, 2.05) is 6.92 Å². The van der Waals surface area contributed by atoms with Crippen molar-refractivity contribution in [3.8, 4) is 0 Å². The lowest BCUT2D eigenvalue weighted by molar-refractivity contribution is -0.153. The topological polar surface area (TPSA) is 43.8 Å². The molecule has 3 heterocycles. The minimum absolute atomic E-state index is 0.482. The molecule has 0 aromatic rings. The van der Waals surface area contributed by atoms with Crippen LogP contribution >= 0.6 is 0 Å². The fraction of sp³-hybridized carbons (Fsp3) is 0.933. The average Bonchev–Trinajstić information content (AvgIpc) is 3.00. The molecule has 3 atom stereocenters. The van der Waals surface area contributed by atoms with Crippen LogP contribution in [0.5, 0.6) is 0 Å². The van der Waals surface area contributed by atoms with Gasteiger partial charge in [-0.15, -0.1) is 0 Å². The van der Waals surface area contributed by atoms with Gasteiger partial charge >= 0.3 is 5.97 Å². The van der Waals surface area contributed by atoms with Gasteiger partial charge in [-0.1, -0.05) is 6.92 Å². The molecule has 0 bridgehead atoms. The van der Waals surface area contributed by atoms with Crippen molar-refractivity contribution >= 4 is 5.97 Å². The quantitative estimate of drug-likeness (QED) is 0.846. The molecule has 4 nitrogen and oxygen atoms in total. The largest absolute Gasteiger partial charge is 0.481 e. The van der Waals surface area contributed by atoms with E-state index in [1.165, 1.54) is 32.4 Å². The summed E-state index contributed by atoms with van der Waals surface area (Å²) in [4.78, 5) is 16.8. The Labute approximate surface area is 115 Å². The smallest absolute Gasteiger partial charge is 0.310 e. The second-order valence-electron chi connectivity index (χ2n) is 6.61. The lowest BCUT2D eigenvalue weighted by atomic mass is 9.77. The molecular weight excluding hydrogens is 240 g/mol. The van der Waals surface area contributed by atoms with Gasteiger partial charge in [-0.25, -0.2) is 0 Å². The van der Waals surface area contributed by atoms with E-state index in [-0.39, 0.29) is 0 Å². The van der Waals surface area contributed by atoms with Crippen molar-refractivity contribution < 1.29 is 9.90 Å². The van der Waals surface area contributed by atoms with Gasteiger partial charge in [-0.05, 0) is 51.6 Å². The number of piperidine rings is 1. The SMILES string of the molecule is CCC1(C(=O)O)CCCN(C2CCN3CCCC23)C1. The molecule has 3 rings (SSSR count). The van der Waals surface area contributed by atoms with E-state index in [4.69, 9.17) is 0 Å². The molecule has 3 fully saturated rings. The fourth-order valence-corrected chi connectivity index (χ4v) is 4.55. The Bertz CT molecular complexity index is 360. The highest BCUT2D eigenvalue weighted by Crippen LogP contribution is 2.38. The number of hydrogen-bond donors (Lipinski definition) is 1. The summed E-state index contributed by atoms with van der Waals surface area (Å²) in [6, 6.07) is 1.33. The van der Waals surface area contributed by atoms with Crippen LogP contribution in [0.4, 0.5) is 0 Å². The second-order valence-corrected chi connectivity index (χ2v) is 6.61. The number of nitrogens with zero attached hydrogens (tertiary/aromatic N) is 2. The molecule has 3 aliphatic heterocycles. The maximum Gasteiger partial charge on any atom is 0.310 e. The Morgan fingerprint density at radius 1 is 1.16 bits per heavy atom. The normalized spacial score (nSPS) is 40.5. The fourth-order valence-electron chi connectivity index (χ4n) is 4.55. The van der Waals surface area contributed by atoms with Gasteiger partial charge in [0.25, 0.3) is 0 Å². The van der Waals surface area contributed by atoms with Gasteiger partial charge in [0.05, 0.1) is 5.41 Å². The number of rotatable bonds is 3. The molecule has 0 aliphatic carbocycles.